The summed E-state index contributed by atoms with van der Waals surface area (Å²) in [4.78, 5) is 10.5. The normalized spacial score (nSPS) is 10.3. The molecule has 0 heterocycles. The zero-order valence-corrected chi connectivity index (χ0v) is 9.58. The molecular formula is C10H23NO4. The summed E-state index contributed by atoms with van der Waals surface area (Å²) in [6, 6.07) is 0. The van der Waals surface area contributed by atoms with E-state index in [4.69, 9.17) is 14.2 Å². The number of carbonyl (C=O) groups excluding carboxylic acids is 1. The van der Waals surface area contributed by atoms with Gasteiger partial charge in [-0.05, 0) is 6.92 Å². The van der Waals surface area contributed by atoms with Gasteiger partial charge in [0.05, 0.1) is 33.0 Å². The molecule has 92 valence electrons. The first-order valence-corrected chi connectivity index (χ1v) is 5.25. The van der Waals surface area contributed by atoms with E-state index in [0.717, 1.165) is 6.61 Å². The van der Waals surface area contributed by atoms with Crippen LogP contribution in [-0.4, -0.2) is 52.1 Å². The first kappa shape index (κ1) is 14.3. The average molecular weight is 221 g/mol. The lowest BCUT2D eigenvalue weighted by atomic mass is 10.6. The molecule has 15 heavy (non-hydrogen) atoms. The van der Waals surface area contributed by atoms with Gasteiger partial charge < -0.3 is 19.5 Å². The maximum absolute atomic E-state index is 10.5. The Hall–Kier alpha value is -0.650. The van der Waals surface area contributed by atoms with Gasteiger partial charge in [-0.25, -0.2) is 0 Å². The second-order valence-electron chi connectivity index (χ2n) is 2.90. The molecule has 5 heteroatoms. The van der Waals surface area contributed by atoms with E-state index in [0.29, 0.717) is 39.6 Å². The van der Waals surface area contributed by atoms with E-state index in [1.165, 1.54) is 6.92 Å². The van der Waals surface area contributed by atoms with Crippen molar-refractivity contribution in [1.29, 1.82) is 0 Å². The van der Waals surface area contributed by atoms with E-state index in [2.05, 4.69) is 5.32 Å². The largest absolute Gasteiger partial charge is 0.379 e. The fourth-order valence-electron chi connectivity index (χ4n) is 0.883. The maximum Gasteiger partial charge on any atom is 0.216 e. The van der Waals surface area contributed by atoms with Crippen molar-refractivity contribution in [3.63, 3.8) is 0 Å². The van der Waals surface area contributed by atoms with E-state index < -0.39 is 0 Å². The lowest BCUT2D eigenvalue weighted by Crippen LogP contribution is -2.25. The second-order valence-corrected chi connectivity index (χ2v) is 2.90. The molecule has 1 amide bonds. The van der Waals surface area contributed by atoms with Gasteiger partial charge in [0.15, 0.2) is 0 Å². The summed E-state index contributed by atoms with van der Waals surface area (Å²) in [5.74, 6) is -0.0356. The molecule has 0 radical (unpaired) electrons. The minimum Gasteiger partial charge on any atom is -0.379 e. The second kappa shape index (κ2) is 11.4. The molecule has 0 aromatic carbocycles. The van der Waals surface area contributed by atoms with Crippen molar-refractivity contribution in [2.45, 2.75) is 13.8 Å². The van der Waals surface area contributed by atoms with Crippen molar-refractivity contribution in [3.8, 4) is 0 Å². The van der Waals surface area contributed by atoms with E-state index in [9.17, 15) is 4.79 Å². The lowest BCUT2D eigenvalue weighted by Gasteiger charge is -2.06. The summed E-state index contributed by atoms with van der Waals surface area (Å²) in [5.41, 5.74) is 0. The van der Waals surface area contributed by atoms with Crippen LogP contribution < -0.4 is 5.32 Å². The molecule has 0 unspecified atom stereocenters. The molecule has 0 atom stereocenters. The topological polar surface area (TPSA) is 56.8 Å². The minimum absolute atomic E-state index is 0. The summed E-state index contributed by atoms with van der Waals surface area (Å²) < 4.78 is 15.5. The molecule has 0 saturated carbocycles. The average Bonchev–Trinajstić information content (AvgIpc) is 2.20. The Kier molecular flexibility index (Phi) is 10.9. The van der Waals surface area contributed by atoms with Crippen molar-refractivity contribution in [2.75, 3.05) is 46.2 Å². The maximum atomic E-state index is 10.5. The van der Waals surface area contributed by atoms with Crippen LogP contribution in [0.2, 0.25) is 0 Å². The highest BCUT2D eigenvalue weighted by Crippen LogP contribution is 1.80. The SMILES string of the molecule is CCOCCOCCOCCNC(C)=O.[HH]. The number of nitrogens with one attached hydrogen (secondary N) is 1. The molecule has 0 fully saturated rings. The fraction of sp³-hybridized carbons (Fsp3) is 0.900. The van der Waals surface area contributed by atoms with E-state index >= 15 is 0 Å². The Morgan fingerprint density at radius 3 is 2.13 bits per heavy atom. The fourth-order valence-corrected chi connectivity index (χ4v) is 0.883. The lowest BCUT2D eigenvalue weighted by molar-refractivity contribution is -0.119. The predicted molar refractivity (Wildman–Crippen MR) is 58.9 cm³/mol. The van der Waals surface area contributed by atoms with E-state index in [1.807, 2.05) is 6.92 Å². The van der Waals surface area contributed by atoms with E-state index in [-0.39, 0.29) is 7.33 Å². The smallest absolute Gasteiger partial charge is 0.216 e. The molecule has 0 spiro atoms. The van der Waals surface area contributed by atoms with Crippen molar-refractivity contribution in [2.24, 2.45) is 0 Å². The Balaban J connectivity index is 0. The predicted octanol–water partition coefficient (Wildman–Crippen LogP) is 0.438. The third-order valence-corrected chi connectivity index (χ3v) is 1.57. The third-order valence-electron chi connectivity index (χ3n) is 1.57. The van der Waals surface area contributed by atoms with Gasteiger partial charge in [0.2, 0.25) is 5.91 Å². The molecule has 0 aliphatic heterocycles. The first-order chi connectivity index (χ1) is 7.27. The van der Waals surface area contributed by atoms with Gasteiger partial charge in [0.1, 0.15) is 0 Å². The highest BCUT2D eigenvalue weighted by molar-refractivity contribution is 5.72. The van der Waals surface area contributed by atoms with Gasteiger partial charge in [0, 0.05) is 21.5 Å². The molecule has 0 bridgehead atoms. The van der Waals surface area contributed by atoms with Crippen LogP contribution in [0.15, 0.2) is 0 Å². The molecule has 0 aliphatic carbocycles. The van der Waals surface area contributed by atoms with Crippen LogP contribution in [0.5, 0.6) is 0 Å². The van der Waals surface area contributed by atoms with Crippen LogP contribution in [0.1, 0.15) is 15.3 Å². The van der Waals surface area contributed by atoms with Gasteiger partial charge in [-0.3, -0.25) is 4.79 Å². The summed E-state index contributed by atoms with van der Waals surface area (Å²) in [6.07, 6.45) is 0. The van der Waals surface area contributed by atoms with Gasteiger partial charge in [-0.15, -0.1) is 0 Å². The molecule has 0 aromatic heterocycles. The highest BCUT2D eigenvalue weighted by atomic mass is 16.5. The first-order valence-electron chi connectivity index (χ1n) is 5.25. The molecule has 0 saturated heterocycles. The number of ether oxygens (including phenoxy) is 3. The molecule has 5 nitrogen and oxygen atoms in total. The van der Waals surface area contributed by atoms with Crippen LogP contribution in [0.4, 0.5) is 0 Å². The standard InChI is InChI=1S/C10H21NO4.H2/c1-3-13-6-7-15-9-8-14-5-4-11-10(2)12;/h3-9H2,1-2H3,(H,11,12);1H. The molecule has 1 N–H and O–H groups in total. The van der Waals surface area contributed by atoms with Crippen LogP contribution in [0, 0.1) is 0 Å². The van der Waals surface area contributed by atoms with Crippen molar-refractivity contribution < 1.29 is 20.4 Å². The minimum atomic E-state index is -0.0356. The Morgan fingerprint density at radius 1 is 1.07 bits per heavy atom. The van der Waals surface area contributed by atoms with Gasteiger partial charge in [0.25, 0.3) is 0 Å². The molecule has 0 aliphatic rings. The summed E-state index contributed by atoms with van der Waals surface area (Å²) in [7, 11) is 0. The zero-order chi connectivity index (χ0) is 11.4. The van der Waals surface area contributed by atoms with Gasteiger partial charge >= 0.3 is 0 Å². The Morgan fingerprint density at radius 2 is 1.60 bits per heavy atom. The number of amides is 1. The summed E-state index contributed by atoms with van der Waals surface area (Å²) >= 11 is 0. The summed E-state index contributed by atoms with van der Waals surface area (Å²) in [6.45, 7) is 7.56. The van der Waals surface area contributed by atoms with Gasteiger partial charge in [-0.1, -0.05) is 0 Å². The number of rotatable bonds is 10. The number of carbonyl (C=O) groups is 1. The summed E-state index contributed by atoms with van der Waals surface area (Å²) in [5, 5.41) is 2.64. The molecule has 0 rings (SSSR count). The Bertz CT molecular complexity index is 158. The quantitative estimate of drug-likeness (QED) is 0.544. The van der Waals surface area contributed by atoms with Crippen molar-refractivity contribution in [1.82, 2.24) is 5.32 Å². The monoisotopic (exact) mass is 221 g/mol. The van der Waals surface area contributed by atoms with Gasteiger partial charge in [-0.2, -0.15) is 0 Å². The van der Waals surface area contributed by atoms with Crippen LogP contribution in [-0.2, 0) is 19.0 Å². The van der Waals surface area contributed by atoms with Crippen molar-refractivity contribution >= 4 is 5.91 Å². The highest BCUT2D eigenvalue weighted by Gasteiger charge is 1.92. The van der Waals surface area contributed by atoms with Crippen LogP contribution in [0.3, 0.4) is 0 Å². The Labute approximate surface area is 92.6 Å². The zero-order valence-electron chi connectivity index (χ0n) is 9.58. The number of hydrogen-bond donors (Lipinski definition) is 1. The van der Waals surface area contributed by atoms with Crippen molar-refractivity contribution in [3.05, 3.63) is 0 Å². The number of hydrogen-bond acceptors (Lipinski definition) is 4. The molecular weight excluding hydrogens is 198 g/mol. The van der Waals surface area contributed by atoms with Crippen LogP contribution in [0.25, 0.3) is 0 Å². The third kappa shape index (κ3) is 13.3. The van der Waals surface area contributed by atoms with Crippen LogP contribution >= 0.6 is 0 Å². The van der Waals surface area contributed by atoms with E-state index in [1.54, 1.807) is 0 Å². The molecule has 0 aromatic rings.